The molecule has 0 unspecified atom stereocenters. The zero-order valence-electron chi connectivity index (χ0n) is 19.5. The molecule has 1 aliphatic heterocycles. The number of carbonyl (C=O) groups excluding carboxylic acids is 1. The summed E-state index contributed by atoms with van der Waals surface area (Å²) in [5, 5.41) is 5.62. The molecule has 3 heterocycles. The van der Waals surface area contributed by atoms with E-state index in [1.54, 1.807) is 10.9 Å². The number of aryl methyl sites for hydroxylation is 2. The molecule has 0 bridgehead atoms. The van der Waals surface area contributed by atoms with Crippen LogP contribution in [0.4, 0.5) is 0 Å². The Morgan fingerprint density at radius 2 is 1.85 bits per heavy atom. The van der Waals surface area contributed by atoms with Crippen LogP contribution in [0.3, 0.4) is 0 Å². The first kappa shape index (κ1) is 23.6. The Kier molecular flexibility index (Phi) is 7.90. The Morgan fingerprint density at radius 3 is 2.61 bits per heavy atom. The second-order valence-corrected chi connectivity index (χ2v) is 9.75. The molecule has 8 heteroatoms. The molecule has 4 rings (SSSR count). The van der Waals surface area contributed by atoms with E-state index in [1.807, 2.05) is 36.6 Å². The fourth-order valence-electron chi connectivity index (χ4n) is 4.14. The van der Waals surface area contributed by atoms with Crippen molar-refractivity contribution in [2.45, 2.75) is 32.7 Å². The van der Waals surface area contributed by atoms with Crippen molar-refractivity contribution in [1.82, 2.24) is 24.7 Å². The summed E-state index contributed by atoms with van der Waals surface area (Å²) in [6.45, 7) is 8.68. The van der Waals surface area contributed by atoms with E-state index in [9.17, 15) is 9.59 Å². The fourth-order valence-corrected chi connectivity index (χ4v) is 5.05. The van der Waals surface area contributed by atoms with Gasteiger partial charge in [0.05, 0.1) is 11.7 Å². The number of nitrogens with zero attached hydrogens (tertiary/aromatic N) is 4. The van der Waals surface area contributed by atoms with E-state index in [1.165, 1.54) is 16.9 Å². The molecule has 1 fully saturated rings. The monoisotopic (exact) mass is 467 g/mol. The quantitative estimate of drug-likeness (QED) is 0.490. The molecule has 2 aromatic heterocycles. The topological polar surface area (TPSA) is 70.5 Å². The minimum Gasteiger partial charge on any atom is -0.356 e. The van der Waals surface area contributed by atoms with E-state index in [4.69, 9.17) is 0 Å². The Hall–Kier alpha value is -2.55. The van der Waals surface area contributed by atoms with E-state index in [0.29, 0.717) is 18.5 Å². The molecule has 0 aliphatic carbocycles. The minimum atomic E-state index is -0.0863. The number of thiophene rings is 1. The maximum atomic E-state index is 13.1. The third-order valence-corrected chi connectivity index (χ3v) is 7.21. The number of hydrogen-bond donors (Lipinski definition) is 1. The predicted octanol–water partition coefficient (Wildman–Crippen LogP) is 2.97. The van der Waals surface area contributed by atoms with Gasteiger partial charge < -0.3 is 15.1 Å². The van der Waals surface area contributed by atoms with E-state index >= 15 is 0 Å². The molecule has 1 amide bonds. The fraction of sp³-hybridized carbons (Fsp3) is 0.480. The Labute approximate surface area is 199 Å². The number of hydrogen-bond acceptors (Lipinski definition) is 6. The van der Waals surface area contributed by atoms with Crippen molar-refractivity contribution < 1.29 is 4.79 Å². The minimum absolute atomic E-state index is 0.0225. The second-order valence-electron chi connectivity index (χ2n) is 8.89. The number of carbonyl (C=O) groups is 1. The molecule has 1 N–H and O–H groups in total. The number of unbranched alkanes of at least 4 members (excludes halogenated alkanes) is 1. The standard InChI is InChI=1S/C25H33N5O2S/c1-19-5-7-20(8-6-19)21-17-33-24-23(21)25(32)30(18-27-24)12-9-22(31)26-10-3-4-11-29-15-13-28(2)14-16-29/h5-8,17-18H,3-4,9-16H2,1-2H3,(H,26,31). The molecule has 1 saturated heterocycles. The van der Waals surface area contributed by atoms with E-state index < -0.39 is 0 Å². The van der Waals surface area contributed by atoms with Crippen LogP contribution in [-0.4, -0.2) is 71.6 Å². The van der Waals surface area contributed by atoms with Crippen LogP contribution in [-0.2, 0) is 11.3 Å². The highest BCUT2D eigenvalue weighted by Gasteiger charge is 2.15. The lowest BCUT2D eigenvalue weighted by molar-refractivity contribution is -0.121. The molecular formula is C25H33N5O2S. The van der Waals surface area contributed by atoms with Crippen molar-refractivity contribution in [2.75, 3.05) is 46.3 Å². The number of aromatic nitrogens is 2. The van der Waals surface area contributed by atoms with Crippen LogP contribution in [0.1, 0.15) is 24.8 Å². The lowest BCUT2D eigenvalue weighted by Gasteiger charge is -2.32. The Morgan fingerprint density at radius 1 is 1.09 bits per heavy atom. The first-order valence-electron chi connectivity index (χ1n) is 11.7. The number of piperazine rings is 1. The van der Waals surface area contributed by atoms with Gasteiger partial charge in [-0.05, 0) is 38.9 Å². The molecule has 0 atom stereocenters. The average Bonchev–Trinajstić information content (AvgIpc) is 3.25. The number of likely N-dealkylation sites (N-methyl/N-ethyl adjacent to an activating group) is 1. The highest BCUT2D eigenvalue weighted by molar-refractivity contribution is 7.17. The average molecular weight is 468 g/mol. The number of nitrogens with one attached hydrogen (secondary N) is 1. The summed E-state index contributed by atoms with van der Waals surface area (Å²) in [6.07, 6.45) is 3.89. The maximum Gasteiger partial charge on any atom is 0.262 e. The van der Waals surface area contributed by atoms with E-state index in [2.05, 4.69) is 27.1 Å². The van der Waals surface area contributed by atoms with Crippen LogP contribution in [0, 0.1) is 6.92 Å². The third kappa shape index (κ3) is 6.07. The summed E-state index contributed by atoms with van der Waals surface area (Å²) < 4.78 is 1.56. The summed E-state index contributed by atoms with van der Waals surface area (Å²) in [5.74, 6) is -0.0225. The second kappa shape index (κ2) is 11.0. The molecule has 176 valence electrons. The number of fused-ring (bicyclic) bond motifs is 1. The zero-order valence-corrected chi connectivity index (χ0v) is 20.4. The molecule has 0 spiro atoms. The maximum absolute atomic E-state index is 13.1. The van der Waals surface area contributed by atoms with Gasteiger partial charge in [-0.2, -0.15) is 0 Å². The lowest BCUT2D eigenvalue weighted by atomic mass is 10.1. The van der Waals surface area contributed by atoms with Crippen LogP contribution in [0.25, 0.3) is 21.3 Å². The normalized spacial score (nSPS) is 15.2. The zero-order chi connectivity index (χ0) is 23.2. The Balaban J connectivity index is 1.27. The Bertz CT molecular complexity index is 1130. The van der Waals surface area contributed by atoms with Gasteiger partial charge in [-0.1, -0.05) is 29.8 Å². The highest BCUT2D eigenvalue weighted by Crippen LogP contribution is 2.30. The van der Waals surface area contributed by atoms with Gasteiger partial charge in [0.15, 0.2) is 0 Å². The van der Waals surface area contributed by atoms with Crippen LogP contribution < -0.4 is 10.9 Å². The summed E-state index contributed by atoms with van der Waals surface area (Å²) >= 11 is 1.48. The predicted molar refractivity (Wildman–Crippen MR) is 135 cm³/mol. The summed E-state index contributed by atoms with van der Waals surface area (Å²) in [4.78, 5) is 35.5. The van der Waals surface area contributed by atoms with Gasteiger partial charge in [-0.3, -0.25) is 14.2 Å². The van der Waals surface area contributed by atoms with Crippen LogP contribution >= 0.6 is 11.3 Å². The van der Waals surface area contributed by atoms with E-state index in [0.717, 1.165) is 61.5 Å². The van der Waals surface area contributed by atoms with Gasteiger partial charge in [0.1, 0.15) is 4.83 Å². The first-order valence-corrected chi connectivity index (χ1v) is 12.6. The van der Waals surface area contributed by atoms with Gasteiger partial charge >= 0.3 is 0 Å². The van der Waals surface area contributed by atoms with Crippen molar-refractivity contribution in [3.8, 4) is 11.1 Å². The lowest BCUT2D eigenvalue weighted by Crippen LogP contribution is -2.44. The number of benzene rings is 1. The molecule has 3 aromatic rings. The van der Waals surface area contributed by atoms with Crippen LogP contribution in [0.2, 0.25) is 0 Å². The molecular weight excluding hydrogens is 434 g/mol. The van der Waals surface area contributed by atoms with Crippen molar-refractivity contribution in [1.29, 1.82) is 0 Å². The molecule has 7 nitrogen and oxygen atoms in total. The number of rotatable bonds is 9. The van der Waals surface area contributed by atoms with Gasteiger partial charge in [0, 0.05) is 56.6 Å². The molecule has 0 radical (unpaired) electrons. The first-order chi connectivity index (χ1) is 16.0. The van der Waals surface area contributed by atoms with Gasteiger partial charge in [0.2, 0.25) is 5.91 Å². The SMILES string of the molecule is Cc1ccc(-c2csc3ncn(CCC(=O)NCCCCN4CCN(C)CC4)c(=O)c23)cc1. The van der Waals surface area contributed by atoms with Crippen molar-refractivity contribution in [3.63, 3.8) is 0 Å². The largest absolute Gasteiger partial charge is 0.356 e. The van der Waals surface area contributed by atoms with Crippen molar-refractivity contribution >= 4 is 27.5 Å². The highest BCUT2D eigenvalue weighted by atomic mass is 32.1. The molecule has 1 aliphatic rings. The van der Waals surface area contributed by atoms with Crippen molar-refractivity contribution in [3.05, 3.63) is 51.9 Å². The summed E-state index contributed by atoms with van der Waals surface area (Å²) in [7, 11) is 2.17. The van der Waals surface area contributed by atoms with Gasteiger partial charge in [0.25, 0.3) is 5.56 Å². The van der Waals surface area contributed by atoms with Gasteiger partial charge in [-0.15, -0.1) is 11.3 Å². The smallest absolute Gasteiger partial charge is 0.262 e. The van der Waals surface area contributed by atoms with Crippen LogP contribution in [0.5, 0.6) is 0 Å². The summed E-state index contributed by atoms with van der Waals surface area (Å²) in [6, 6.07) is 8.15. The molecule has 0 saturated carbocycles. The third-order valence-electron chi connectivity index (χ3n) is 6.32. The molecule has 1 aromatic carbocycles. The van der Waals surface area contributed by atoms with Crippen LogP contribution in [0.15, 0.2) is 40.8 Å². The molecule has 33 heavy (non-hydrogen) atoms. The van der Waals surface area contributed by atoms with Crippen molar-refractivity contribution in [2.24, 2.45) is 0 Å². The van der Waals surface area contributed by atoms with Gasteiger partial charge in [-0.25, -0.2) is 4.98 Å². The number of amides is 1. The summed E-state index contributed by atoms with van der Waals surface area (Å²) in [5.41, 5.74) is 3.01. The van der Waals surface area contributed by atoms with E-state index in [-0.39, 0.29) is 17.9 Å².